The molecule has 1 aliphatic heterocycles. The van der Waals surface area contributed by atoms with Gasteiger partial charge in [0.15, 0.2) is 0 Å². The molecule has 1 saturated heterocycles. The minimum absolute atomic E-state index is 0.190. The number of nitrogens with one attached hydrogen (secondary N) is 1. The van der Waals surface area contributed by atoms with E-state index >= 15 is 0 Å². The Balaban J connectivity index is 1.61. The summed E-state index contributed by atoms with van der Waals surface area (Å²) in [5.41, 5.74) is 2.22. The average molecular weight is 349 g/mol. The first kappa shape index (κ1) is 16.4. The molecule has 0 radical (unpaired) electrons. The summed E-state index contributed by atoms with van der Waals surface area (Å²) < 4.78 is 7.45. The van der Waals surface area contributed by atoms with Crippen molar-refractivity contribution in [1.29, 1.82) is 0 Å². The van der Waals surface area contributed by atoms with E-state index < -0.39 is 0 Å². The van der Waals surface area contributed by atoms with Crippen molar-refractivity contribution in [2.24, 2.45) is 0 Å². The fourth-order valence-corrected chi connectivity index (χ4v) is 3.07. The quantitative estimate of drug-likeness (QED) is 0.782. The summed E-state index contributed by atoms with van der Waals surface area (Å²) in [6.45, 7) is 1.52. The first-order chi connectivity index (χ1) is 12.8. The van der Waals surface area contributed by atoms with Crippen molar-refractivity contribution in [2.45, 2.75) is 18.9 Å². The lowest BCUT2D eigenvalue weighted by atomic mass is 10.1. The summed E-state index contributed by atoms with van der Waals surface area (Å²) >= 11 is 0. The maximum Gasteiger partial charge on any atom is 0.251 e. The second-order valence-corrected chi connectivity index (χ2v) is 6.13. The third-order valence-electron chi connectivity index (χ3n) is 4.38. The van der Waals surface area contributed by atoms with Crippen LogP contribution in [0.5, 0.6) is 0 Å². The molecular weight excluding hydrogens is 330 g/mol. The summed E-state index contributed by atoms with van der Waals surface area (Å²) in [6, 6.07) is 7.41. The highest BCUT2D eigenvalue weighted by molar-refractivity contribution is 5.67. The maximum atomic E-state index is 12.0. The van der Waals surface area contributed by atoms with Gasteiger partial charge in [0.25, 0.3) is 5.56 Å². The van der Waals surface area contributed by atoms with Gasteiger partial charge in [0, 0.05) is 43.4 Å². The van der Waals surface area contributed by atoms with E-state index in [4.69, 9.17) is 4.74 Å². The molecule has 0 unspecified atom stereocenters. The van der Waals surface area contributed by atoms with Crippen LogP contribution < -0.4 is 5.56 Å². The number of aromatic amines is 1. The number of aromatic nitrogens is 5. The molecule has 0 spiro atoms. The Hall–Kier alpha value is -3.06. The van der Waals surface area contributed by atoms with E-state index in [-0.39, 0.29) is 5.56 Å². The lowest BCUT2D eigenvalue weighted by Crippen LogP contribution is -2.21. The SMILES string of the molecule is O=c1cc(C=Cc2ccnn2C2CCOCC2)nc(-c2ccncc2)[nH]1. The van der Waals surface area contributed by atoms with Gasteiger partial charge in [-0.05, 0) is 43.2 Å². The molecule has 3 aromatic rings. The molecule has 0 bridgehead atoms. The van der Waals surface area contributed by atoms with Crippen LogP contribution in [-0.2, 0) is 4.74 Å². The first-order valence-corrected chi connectivity index (χ1v) is 8.61. The van der Waals surface area contributed by atoms with Gasteiger partial charge >= 0.3 is 0 Å². The van der Waals surface area contributed by atoms with Gasteiger partial charge < -0.3 is 9.72 Å². The van der Waals surface area contributed by atoms with Crippen LogP contribution >= 0.6 is 0 Å². The zero-order chi connectivity index (χ0) is 17.8. The largest absolute Gasteiger partial charge is 0.381 e. The first-order valence-electron chi connectivity index (χ1n) is 8.61. The van der Waals surface area contributed by atoms with E-state index in [2.05, 4.69) is 20.1 Å². The lowest BCUT2D eigenvalue weighted by molar-refractivity contribution is 0.0661. The molecule has 1 N–H and O–H groups in total. The van der Waals surface area contributed by atoms with Crippen LogP contribution in [0.2, 0.25) is 0 Å². The van der Waals surface area contributed by atoms with Crippen LogP contribution in [-0.4, -0.2) is 37.9 Å². The van der Waals surface area contributed by atoms with Crippen LogP contribution in [0, 0.1) is 0 Å². The van der Waals surface area contributed by atoms with Crippen LogP contribution in [0.25, 0.3) is 23.5 Å². The van der Waals surface area contributed by atoms with E-state index in [1.807, 2.05) is 35.0 Å². The second-order valence-electron chi connectivity index (χ2n) is 6.13. The van der Waals surface area contributed by atoms with E-state index in [9.17, 15) is 4.79 Å². The minimum Gasteiger partial charge on any atom is -0.381 e. The third-order valence-corrected chi connectivity index (χ3v) is 4.38. The fourth-order valence-electron chi connectivity index (χ4n) is 3.07. The zero-order valence-corrected chi connectivity index (χ0v) is 14.2. The molecular formula is C19H19N5O2. The number of rotatable bonds is 4. The Kier molecular flexibility index (Phi) is 4.70. The molecule has 7 heteroatoms. The number of H-pyrrole nitrogens is 1. The van der Waals surface area contributed by atoms with E-state index in [0.717, 1.165) is 37.3 Å². The third kappa shape index (κ3) is 3.62. The Labute approximate surface area is 150 Å². The molecule has 1 fully saturated rings. The number of hydrogen-bond acceptors (Lipinski definition) is 5. The lowest BCUT2D eigenvalue weighted by Gasteiger charge is -2.23. The van der Waals surface area contributed by atoms with Gasteiger partial charge in [0.1, 0.15) is 5.82 Å². The van der Waals surface area contributed by atoms with Crippen molar-refractivity contribution in [1.82, 2.24) is 24.7 Å². The standard InChI is InChI=1S/C19H19N5O2/c25-18-13-15(22-19(23-18)14-3-8-20-9-4-14)1-2-16-5-10-21-24(16)17-6-11-26-12-7-17/h1-5,8-10,13,17H,6-7,11-12H2,(H,22,23,25). The summed E-state index contributed by atoms with van der Waals surface area (Å²) in [5.74, 6) is 0.525. The molecule has 132 valence electrons. The highest BCUT2D eigenvalue weighted by Gasteiger charge is 2.17. The van der Waals surface area contributed by atoms with Crippen molar-refractivity contribution in [3.63, 3.8) is 0 Å². The Morgan fingerprint density at radius 1 is 1.12 bits per heavy atom. The predicted molar refractivity (Wildman–Crippen MR) is 98.3 cm³/mol. The molecule has 7 nitrogen and oxygen atoms in total. The molecule has 0 aliphatic carbocycles. The molecule has 0 atom stereocenters. The van der Waals surface area contributed by atoms with Gasteiger partial charge in [-0.3, -0.25) is 14.5 Å². The van der Waals surface area contributed by atoms with Crippen molar-refractivity contribution in [2.75, 3.05) is 13.2 Å². The number of nitrogens with zero attached hydrogens (tertiary/aromatic N) is 4. The fraction of sp³-hybridized carbons (Fsp3) is 0.263. The van der Waals surface area contributed by atoms with Crippen LogP contribution in [0.4, 0.5) is 0 Å². The zero-order valence-electron chi connectivity index (χ0n) is 14.2. The Bertz CT molecular complexity index is 955. The van der Waals surface area contributed by atoms with Gasteiger partial charge in [0.05, 0.1) is 17.4 Å². The average Bonchev–Trinajstić information content (AvgIpc) is 3.16. The van der Waals surface area contributed by atoms with Crippen LogP contribution in [0.15, 0.2) is 47.7 Å². The van der Waals surface area contributed by atoms with Gasteiger partial charge in [0.2, 0.25) is 0 Å². The van der Waals surface area contributed by atoms with E-state index in [1.165, 1.54) is 6.07 Å². The Morgan fingerprint density at radius 3 is 2.73 bits per heavy atom. The Morgan fingerprint density at radius 2 is 1.92 bits per heavy atom. The molecule has 26 heavy (non-hydrogen) atoms. The van der Waals surface area contributed by atoms with Crippen molar-refractivity contribution >= 4 is 12.2 Å². The summed E-state index contributed by atoms with van der Waals surface area (Å²) in [7, 11) is 0. The normalized spacial score (nSPS) is 15.5. The summed E-state index contributed by atoms with van der Waals surface area (Å²) in [4.78, 5) is 23.3. The minimum atomic E-state index is -0.190. The second kappa shape index (κ2) is 7.45. The van der Waals surface area contributed by atoms with Crippen LogP contribution in [0.1, 0.15) is 30.3 Å². The molecule has 4 rings (SSSR count). The number of hydrogen-bond donors (Lipinski definition) is 1. The van der Waals surface area contributed by atoms with Crippen molar-refractivity contribution < 1.29 is 4.74 Å². The van der Waals surface area contributed by atoms with E-state index in [1.54, 1.807) is 18.6 Å². The van der Waals surface area contributed by atoms with Crippen LogP contribution in [0.3, 0.4) is 0 Å². The summed E-state index contributed by atoms with van der Waals surface area (Å²) in [5, 5.41) is 4.45. The molecule has 3 aromatic heterocycles. The van der Waals surface area contributed by atoms with Gasteiger partial charge in [-0.25, -0.2) is 4.98 Å². The van der Waals surface area contributed by atoms with Gasteiger partial charge in [-0.1, -0.05) is 0 Å². The number of pyridine rings is 1. The molecule has 1 aliphatic rings. The highest BCUT2D eigenvalue weighted by Crippen LogP contribution is 2.22. The molecule has 4 heterocycles. The van der Waals surface area contributed by atoms with Crippen molar-refractivity contribution in [3.05, 3.63) is 64.6 Å². The maximum absolute atomic E-state index is 12.0. The number of ether oxygens (including phenoxy) is 1. The predicted octanol–water partition coefficient (Wildman–Crippen LogP) is 2.55. The molecule has 0 amide bonds. The summed E-state index contributed by atoms with van der Waals surface area (Å²) in [6.07, 6.45) is 10.8. The van der Waals surface area contributed by atoms with E-state index in [0.29, 0.717) is 17.6 Å². The highest BCUT2D eigenvalue weighted by atomic mass is 16.5. The molecule has 0 aromatic carbocycles. The smallest absolute Gasteiger partial charge is 0.251 e. The topological polar surface area (TPSA) is 85.7 Å². The van der Waals surface area contributed by atoms with Gasteiger partial charge in [-0.15, -0.1) is 0 Å². The van der Waals surface area contributed by atoms with Crippen molar-refractivity contribution in [3.8, 4) is 11.4 Å². The monoisotopic (exact) mass is 349 g/mol. The molecule has 0 saturated carbocycles. The van der Waals surface area contributed by atoms with Gasteiger partial charge in [-0.2, -0.15) is 5.10 Å².